The van der Waals surface area contributed by atoms with Crippen molar-refractivity contribution in [1.82, 2.24) is 10.3 Å². The molecule has 154 valence electrons. The first-order chi connectivity index (χ1) is 12.9. The maximum Gasteiger partial charge on any atom is 0.220 e. The maximum absolute atomic E-state index is 12.3. The fourth-order valence-electron chi connectivity index (χ4n) is 3.10. The summed E-state index contributed by atoms with van der Waals surface area (Å²) in [5, 5.41) is 13.7. The van der Waals surface area contributed by atoms with E-state index in [2.05, 4.69) is 51.8 Å². The van der Waals surface area contributed by atoms with Gasteiger partial charge in [-0.15, -0.1) is 0 Å². The zero-order chi connectivity index (χ0) is 21.1. The van der Waals surface area contributed by atoms with Crippen LogP contribution < -0.4 is 5.32 Å². The van der Waals surface area contributed by atoms with E-state index in [0.717, 1.165) is 28.9 Å². The van der Waals surface area contributed by atoms with Crippen molar-refractivity contribution >= 4 is 5.91 Å². The number of carbonyl (C=O) groups is 1. The van der Waals surface area contributed by atoms with Gasteiger partial charge < -0.3 is 14.8 Å². The van der Waals surface area contributed by atoms with Gasteiger partial charge in [0.2, 0.25) is 11.8 Å². The number of oxazole rings is 1. The molecule has 1 aromatic heterocycles. The van der Waals surface area contributed by atoms with Gasteiger partial charge in [0.05, 0.1) is 12.7 Å². The Balaban J connectivity index is 2.09. The molecule has 0 saturated heterocycles. The lowest BCUT2D eigenvalue weighted by Crippen LogP contribution is -2.23. The molecule has 5 heteroatoms. The van der Waals surface area contributed by atoms with Gasteiger partial charge in [-0.1, -0.05) is 60.6 Å². The Hall–Kier alpha value is -2.30. The molecule has 2 rings (SSSR count). The molecule has 0 bridgehead atoms. The Kier molecular flexibility index (Phi) is 6.58. The van der Waals surface area contributed by atoms with Gasteiger partial charge in [0, 0.05) is 12.8 Å². The molecule has 0 radical (unpaired) electrons. The van der Waals surface area contributed by atoms with Crippen LogP contribution in [0.1, 0.15) is 83.2 Å². The number of phenols is 1. The van der Waals surface area contributed by atoms with Gasteiger partial charge in [-0.2, -0.15) is 0 Å². The van der Waals surface area contributed by atoms with E-state index < -0.39 is 0 Å². The molecule has 0 spiro atoms. The molecule has 1 heterocycles. The molecule has 1 amide bonds. The van der Waals surface area contributed by atoms with E-state index in [1.807, 2.05) is 19.1 Å². The molecule has 0 unspecified atom stereocenters. The highest BCUT2D eigenvalue weighted by atomic mass is 16.4. The van der Waals surface area contributed by atoms with E-state index in [-0.39, 0.29) is 16.7 Å². The van der Waals surface area contributed by atoms with Crippen LogP contribution in [0.15, 0.2) is 22.7 Å². The summed E-state index contributed by atoms with van der Waals surface area (Å²) in [4.78, 5) is 16.4. The summed E-state index contributed by atoms with van der Waals surface area (Å²) in [6.07, 6.45) is 3.47. The minimum Gasteiger partial charge on any atom is -0.507 e. The topological polar surface area (TPSA) is 75.4 Å². The molecule has 0 fully saturated rings. The van der Waals surface area contributed by atoms with Gasteiger partial charge >= 0.3 is 0 Å². The van der Waals surface area contributed by atoms with Gasteiger partial charge in [-0.3, -0.25) is 4.79 Å². The van der Waals surface area contributed by atoms with Gasteiger partial charge in [-0.05, 0) is 33.9 Å². The summed E-state index contributed by atoms with van der Waals surface area (Å²) >= 11 is 0. The lowest BCUT2D eigenvalue weighted by Gasteiger charge is -2.28. The molecule has 5 nitrogen and oxygen atoms in total. The summed E-state index contributed by atoms with van der Waals surface area (Å²) < 4.78 is 5.51. The van der Waals surface area contributed by atoms with Crippen LogP contribution in [0, 0.1) is 0 Å². The summed E-state index contributed by atoms with van der Waals surface area (Å²) in [6, 6.07) is 4.05. The summed E-state index contributed by atoms with van der Waals surface area (Å²) in [5.74, 6) is 1.67. The highest BCUT2D eigenvalue weighted by Crippen LogP contribution is 2.39. The third-order valence-electron chi connectivity index (χ3n) is 4.81. The maximum atomic E-state index is 12.3. The van der Waals surface area contributed by atoms with Gasteiger partial charge in [0.1, 0.15) is 11.5 Å². The summed E-state index contributed by atoms with van der Waals surface area (Å²) in [7, 11) is 0. The number of rotatable bonds is 6. The second kappa shape index (κ2) is 8.38. The SMILES string of the molecule is CCc1cnc(CNC(=O)CCc2cc(C(C)(C)C)c(O)c(C(C)(C)C)c2)o1. The van der Waals surface area contributed by atoms with Crippen LogP contribution in [0.25, 0.3) is 0 Å². The minimum absolute atomic E-state index is 0.0426. The van der Waals surface area contributed by atoms with E-state index in [4.69, 9.17) is 4.42 Å². The quantitative estimate of drug-likeness (QED) is 0.749. The molecule has 1 aromatic carbocycles. The Labute approximate surface area is 168 Å². The first-order valence-electron chi connectivity index (χ1n) is 9.99. The van der Waals surface area contributed by atoms with Crippen molar-refractivity contribution in [3.8, 4) is 5.75 Å². The number of nitrogens with zero attached hydrogens (tertiary/aromatic N) is 1. The number of benzene rings is 1. The van der Waals surface area contributed by atoms with Crippen molar-refractivity contribution in [2.75, 3.05) is 0 Å². The molecule has 0 saturated carbocycles. The number of carbonyl (C=O) groups excluding carboxylic acids is 1. The Morgan fingerprint density at radius 3 is 2.14 bits per heavy atom. The van der Waals surface area contributed by atoms with Gasteiger partial charge in [0.15, 0.2) is 0 Å². The van der Waals surface area contributed by atoms with Crippen molar-refractivity contribution in [3.05, 3.63) is 46.7 Å². The zero-order valence-corrected chi connectivity index (χ0v) is 18.3. The van der Waals surface area contributed by atoms with Crippen molar-refractivity contribution in [2.24, 2.45) is 0 Å². The molecule has 2 N–H and O–H groups in total. The summed E-state index contributed by atoms with van der Waals surface area (Å²) in [6.45, 7) is 14.8. The smallest absolute Gasteiger partial charge is 0.220 e. The number of phenolic OH excluding ortho intramolecular Hbond substituents is 1. The summed E-state index contributed by atoms with van der Waals surface area (Å²) in [5.41, 5.74) is 2.55. The van der Waals surface area contributed by atoms with E-state index in [1.165, 1.54) is 0 Å². The minimum atomic E-state index is -0.176. The molecule has 0 atom stereocenters. The van der Waals surface area contributed by atoms with Crippen LogP contribution in [-0.2, 0) is 35.0 Å². The molecule has 0 aliphatic carbocycles. The number of hydrogen-bond donors (Lipinski definition) is 2. The number of hydrogen-bond acceptors (Lipinski definition) is 4. The predicted molar refractivity (Wildman–Crippen MR) is 112 cm³/mol. The molecule has 0 aliphatic heterocycles. The fraction of sp³-hybridized carbons (Fsp3) is 0.565. The van der Waals surface area contributed by atoms with Crippen molar-refractivity contribution in [3.63, 3.8) is 0 Å². The molecule has 2 aromatic rings. The number of aromatic nitrogens is 1. The number of amides is 1. The van der Waals surface area contributed by atoms with Gasteiger partial charge in [0.25, 0.3) is 0 Å². The van der Waals surface area contributed by atoms with E-state index in [1.54, 1.807) is 6.20 Å². The zero-order valence-electron chi connectivity index (χ0n) is 18.3. The number of nitrogens with one attached hydrogen (secondary N) is 1. The van der Waals surface area contributed by atoms with Crippen LogP contribution in [0.5, 0.6) is 5.75 Å². The molecular formula is C23H34N2O3. The lowest BCUT2D eigenvalue weighted by atomic mass is 9.78. The highest BCUT2D eigenvalue weighted by Gasteiger charge is 2.26. The van der Waals surface area contributed by atoms with Crippen LogP contribution >= 0.6 is 0 Å². The Bertz CT molecular complexity index is 788. The molecule has 0 aliphatic rings. The third-order valence-corrected chi connectivity index (χ3v) is 4.81. The largest absolute Gasteiger partial charge is 0.507 e. The normalized spacial score (nSPS) is 12.2. The predicted octanol–water partition coefficient (Wildman–Crippen LogP) is 4.79. The van der Waals surface area contributed by atoms with Crippen molar-refractivity contribution < 1.29 is 14.3 Å². The first-order valence-corrected chi connectivity index (χ1v) is 9.99. The van der Waals surface area contributed by atoms with Crippen LogP contribution in [-0.4, -0.2) is 16.0 Å². The molecule has 28 heavy (non-hydrogen) atoms. The number of aromatic hydroxyl groups is 1. The Morgan fingerprint density at radius 1 is 1.11 bits per heavy atom. The van der Waals surface area contributed by atoms with Crippen molar-refractivity contribution in [2.45, 2.75) is 85.1 Å². The van der Waals surface area contributed by atoms with Gasteiger partial charge in [-0.25, -0.2) is 4.98 Å². The first kappa shape index (κ1) is 22.0. The highest BCUT2D eigenvalue weighted by molar-refractivity contribution is 5.76. The van der Waals surface area contributed by atoms with E-state index >= 15 is 0 Å². The van der Waals surface area contributed by atoms with Crippen LogP contribution in [0.3, 0.4) is 0 Å². The van der Waals surface area contributed by atoms with E-state index in [9.17, 15) is 9.90 Å². The Morgan fingerprint density at radius 2 is 1.68 bits per heavy atom. The second-order valence-electron chi connectivity index (χ2n) is 9.39. The van der Waals surface area contributed by atoms with Crippen LogP contribution in [0.4, 0.5) is 0 Å². The third kappa shape index (κ3) is 5.60. The lowest BCUT2D eigenvalue weighted by molar-refractivity contribution is -0.121. The number of aryl methyl sites for hydroxylation is 2. The monoisotopic (exact) mass is 386 g/mol. The molecular weight excluding hydrogens is 352 g/mol. The second-order valence-corrected chi connectivity index (χ2v) is 9.39. The fourth-order valence-corrected chi connectivity index (χ4v) is 3.10. The van der Waals surface area contributed by atoms with Crippen LogP contribution in [0.2, 0.25) is 0 Å². The van der Waals surface area contributed by atoms with E-state index in [0.29, 0.717) is 31.0 Å². The average molecular weight is 387 g/mol. The average Bonchev–Trinajstić information content (AvgIpc) is 3.05. The standard InChI is InChI=1S/C23H34N2O3/c1-8-16-13-25-20(28-16)14-24-19(26)10-9-15-11-17(22(2,3)4)21(27)18(12-15)23(5,6)7/h11-13,27H,8-10,14H2,1-7H3,(H,24,26). The van der Waals surface area contributed by atoms with Crippen molar-refractivity contribution in [1.29, 1.82) is 0 Å².